The first kappa shape index (κ1) is 17.2. The molecule has 130 valence electrons. The van der Waals surface area contributed by atoms with Gasteiger partial charge in [0.15, 0.2) is 5.78 Å². The van der Waals surface area contributed by atoms with E-state index in [1.54, 1.807) is 36.4 Å². The molecule has 0 unspecified atom stereocenters. The summed E-state index contributed by atoms with van der Waals surface area (Å²) in [5.74, 6) is 0.611. The van der Waals surface area contributed by atoms with Crippen LogP contribution in [0.25, 0.3) is 0 Å². The minimum absolute atomic E-state index is 0.0130. The molecule has 1 amide bonds. The molecule has 1 saturated carbocycles. The van der Waals surface area contributed by atoms with Gasteiger partial charge in [0.2, 0.25) is 5.91 Å². The smallest absolute Gasteiger partial charge is 0.227 e. The standard InChI is InChI=1S/C21H23NO3/c1-21(2,3)22-20(24)17-13-18(17)25-16-11-9-15(10-12-16)19(23)14-7-5-4-6-8-14/h4-12,17-18H,13H2,1-3H3,(H,22,24)/t17-,18-/m1/s1. The SMILES string of the molecule is CC(C)(C)NC(=O)[C@@H]1C[C@H]1Oc1ccc(C(=O)c2ccccc2)cc1. The molecule has 0 radical (unpaired) electrons. The van der Waals surface area contributed by atoms with Gasteiger partial charge >= 0.3 is 0 Å². The minimum Gasteiger partial charge on any atom is -0.490 e. The molecule has 1 fully saturated rings. The van der Waals surface area contributed by atoms with Crippen LogP contribution in [0.5, 0.6) is 5.75 Å². The van der Waals surface area contributed by atoms with E-state index in [9.17, 15) is 9.59 Å². The van der Waals surface area contributed by atoms with Crippen LogP contribution in [0.3, 0.4) is 0 Å². The summed E-state index contributed by atoms with van der Waals surface area (Å²) in [4.78, 5) is 24.5. The van der Waals surface area contributed by atoms with Crippen molar-refractivity contribution >= 4 is 11.7 Å². The number of rotatable bonds is 5. The molecule has 0 saturated heterocycles. The van der Waals surface area contributed by atoms with Gasteiger partial charge in [-0.2, -0.15) is 0 Å². The van der Waals surface area contributed by atoms with Crippen molar-refractivity contribution < 1.29 is 14.3 Å². The largest absolute Gasteiger partial charge is 0.490 e. The molecule has 25 heavy (non-hydrogen) atoms. The van der Waals surface area contributed by atoms with E-state index in [0.29, 0.717) is 16.9 Å². The Balaban J connectivity index is 1.57. The lowest BCUT2D eigenvalue weighted by Gasteiger charge is -2.20. The zero-order valence-electron chi connectivity index (χ0n) is 14.8. The minimum atomic E-state index is -0.232. The van der Waals surface area contributed by atoms with Gasteiger partial charge in [0, 0.05) is 23.1 Å². The van der Waals surface area contributed by atoms with Crippen molar-refractivity contribution in [2.24, 2.45) is 5.92 Å². The number of amides is 1. The summed E-state index contributed by atoms with van der Waals surface area (Å²) in [6.45, 7) is 5.89. The maximum Gasteiger partial charge on any atom is 0.227 e. The summed E-state index contributed by atoms with van der Waals surface area (Å²) in [6.07, 6.45) is 0.644. The molecule has 4 heteroatoms. The summed E-state index contributed by atoms with van der Waals surface area (Å²) in [7, 11) is 0. The molecular weight excluding hydrogens is 314 g/mol. The van der Waals surface area contributed by atoms with Crippen LogP contribution in [0.15, 0.2) is 54.6 Å². The molecule has 0 spiro atoms. The van der Waals surface area contributed by atoms with Crippen LogP contribution in [-0.4, -0.2) is 23.3 Å². The second kappa shape index (κ2) is 6.71. The Bertz CT molecular complexity index is 760. The van der Waals surface area contributed by atoms with Crippen LogP contribution in [0.4, 0.5) is 0 Å². The second-order valence-electron chi connectivity index (χ2n) is 7.46. The highest BCUT2D eigenvalue weighted by molar-refractivity contribution is 6.08. The average molecular weight is 337 g/mol. The van der Waals surface area contributed by atoms with Gasteiger partial charge in [-0.1, -0.05) is 30.3 Å². The van der Waals surface area contributed by atoms with Crippen molar-refractivity contribution in [3.8, 4) is 5.75 Å². The lowest BCUT2D eigenvalue weighted by molar-refractivity contribution is -0.124. The van der Waals surface area contributed by atoms with E-state index >= 15 is 0 Å². The Morgan fingerprint density at radius 1 is 0.960 bits per heavy atom. The molecule has 1 aliphatic carbocycles. The summed E-state index contributed by atoms with van der Waals surface area (Å²) in [5, 5.41) is 2.98. The normalized spacial score (nSPS) is 19.2. The molecular formula is C21H23NO3. The number of ether oxygens (including phenoxy) is 1. The quantitative estimate of drug-likeness (QED) is 0.848. The van der Waals surface area contributed by atoms with Gasteiger partial charge in [0.05, 0.1) is 5.92 Å². The zero-order valence-corrected chi connectivity index (χ0v) is 14.8. The molecule has 2 atom stereocenters. The number of hydrogen-bond donors (Lipinski definition) is 1. The molecule has 2 aromatic carbocycles. The Kier molecular flexibility index (Phi) is 4.62. The van der Waals surface area contributed by atoms with Gasteiger partial charge < -0.3 is 10.1 Å². The molecule has 1 N–H and O–H groups in total. The second-order valence-corrected chi connectivity index (χ2v) is 7.46. The number of carbonyl (C=O) groups is 2. The fourth-order valence-corrected chi connectivity index (χ4v) is 2.66. The summed E-state index contributed by atoms with van der Waals surface area (Å²) >= 11 is 0. The Labute approximate surface area is 148 Å². The maximum absolute atomic E-state index is 12.4. The summed E-state index contributed by atoms with van der Waals surface area (Å²) in [5.41, 5.74) is 1.05. The molecule has 0 bridgehead atoms. The van der Waals surface area contributed by atoms with E-state index < -0.39 is 0 Å². The molecule has 0 aromatic heterocycles. The van der Waals surface area contributed by atoms with Crippen LogP contribution >= 0.6 is 0 Å². The van der Waals surface area contributed by atoms with E-state index in [1.165, 1.54) is 0 Å². The van der Waals surface area contributed by atoms with Gasteiger partial charge in [0.25, 0.3) is 0 Å². The van der Waals surface area contributed by atoms with Crippen molar-refractivity contribution in [3.63, 3.8) is 0 Å². The Morgan fingerprint density at radius 2 is 1.56 bits per heavy atom. The number of benzene rings is 2. The van der Waals surface area contributed by atoms with Gasteiger partial charge in [0.1, 0.15) is 11.9 Å². The molecule has 3 rings (SSSR count). The Morgan fingerprint density at radius 3 is 2.16 bits per heavy atom. The van der Waals surface area contributed by atoms with E-state index in [-0.39, 0.29) is 29.3 Å². The molecule has 2 aromatic rings. The van der Waals surface area contributed by atoms with Crippen molar-refractivity contribution in [1.29, 1.82) is 0 Å². The number of hydrogen-bond acceptors (Lipinski definition) is 3. The lowest BCUT2D eigenvalue weighted by atomic mass is 10.0. The third kappa shape index (κ3) is 4.47. The fraction of sp³-hybridized carbons (Fsp3) is 0.333. The highest BCUT2D eigenvalue weighted by atomic mass is 16.5. The lowest BCUT2D eigenvalue weighted by Crippen LogP contribution is -2.42. The maximum atomic E-state index is 12.4. The van der Waals surface area contributed by atoms with Crippen LogP contribution in [0.2, 0.25) is 0 Å². The van der Waals surface area contributed by atoms with Gasteiger partial charge in [-0.15, -0.1) is 0 Å². The molecule has 1 aliphatic rings. The van der Waals surface area contributed by atoms with Crippen molar-refractivity contribution in [1.82, 2.24) is 5.32 Å². The van der Waals surface area contributed by atoms with Crippen molar-refractivity contribution in [2.75, 3.05) is 0 Å². The number of carbonyl (C=O) groups excluding carboxylic acids is 2. The first-order valence-corrected chi connectivity index (χ1v) is 8.52. The summed E-state index contributed by atoms with van der Waals surface area (Å²) in [6, 6.07) is 16.3. The zero-order chi connectivity index (χ0) is 18.0. The highest BCUT2D eigenvalue weighted by Gasteiger charge is 2.46. The first-order valence-electron chi connectivity index (χ1n) is 8.52. The number of nitrogens with one attached hydrogen (secondary N) is 1. The van der Waals surface area contributed by atoms with Crippen LogP contribution < -0.4 is 10.1 Å². The van der Waals surface area contributed by atoms with E-state index in [0.717, 1.165) is 6.42 Å². The van der Waals surface area contributed by atoms with Gasteiger partial charge in [-0.05, 0) is 45.0 Å². The average Bonchev–Trinajstić information content (AvgIpc) is 3.34. The highest BCUT2D eigenvalue weighted by Crippen LogP contribution is 2.35. The van der Waals surface area contributed by atoms with E-state index in [1.807, 2.05) is 39.0 Å². The third-order valence-corrected chi connectivity index (χ3v) is 4.01. The van der Waals surface area contributed by atoms with E-state index in [2.05, 4.69) is 5.32 Å². The summed E-state index contributed by atoms with van der Waals surface area (Å²) < 4.78 is 5.84. The van der Waals surface area contributed by atoms with Crippen LogP contribution in [0, 0.1) is 5.92 Å². The van der Waals surface area contributed by atoms with Crippen molar-refractivity contribution in [2.45, 2.75) is 38.8 Å². The fourth-order valence-electron chi connectivity index (χ4n) is 2.66. The molecule has 0 heterocycles. The molecule has 4 nitrogen and oxygen atoms in total. The van der Waals surface area contributed by atoms with Crippen molar-refractivity contribution in [3.05, 3.63) is 65.7 Å². The van der Waals surface area contributed by atoms with Crippen LogP contribution in [0.1, 0.15) is 43.1 Å². The van der Waals surface area contributed by atoms with Crippen LogP contribution in [-0.2, 0) is 4.79 Å². The third-order valence-electron chi connectivity index (χ3n) is 4.01. The predicted octanol–water partition coefficient (Wildman–Crippen LogP) is 3.60. The van der Waals surface area contributed by atoms with Gasteiger partial charge in [-0.25, -0.2) is 0 Å². The van der Waals surface area contributed by atoms with Gasteiger partial charge in [-0.3, -0.25) is 9.59 Å². The van der Waals surface area contributed by atoms with E-state index in [4.69, 9.17) is 4.74 Å². The molecule has 0 aliphatic heterocycles. The predicted molar refractivity (Wildman–Crippen MR) is 96.7 cm³/mol. The monoisotopic (exact) mass is 337 g/mol. The topological polar surface area (TPSA) is 55.4 Å². The Hall–Kier alpha value is -2.62. The first-order chi connectivity index (χ1) is 11.8. The number of ketones is 1.